The number of nitrogens with one attached hydrogen (secondary N) is 1. The van der Waals surface area contributed by atoms with Crippen LogP contribution < -0.4 is 10.2 Å². The van der Waals surface area contributed by atoms with Crippen LogP contribution in [0.4, 0.5) is 0 Å². The molecule has 4 heteroatoms. The molecule has 17 heavy (non-hydrogen) atoms. The van der Waals surface area contributed by atoms with Gasteiger partial charge in [-0.25, -0.2) is 5.43 Å². The highest BCUT2D eigenvalue weighted by atomic mass is 16.5. The van der Waals surface area contributed by atoms with E-state index in [0.29, 0.717) is 6.42 Å². The van der Waals surface area contributed by atoms with Gasteiger partial charge in [0.1, 0.15) is 5.75 Å². The molecule has 1 fully saturated rings. The first-order valence-electron chi connectivity index (χ1n) is 5.84. The van der Waals surface area contributed by atoms with Crippen LogP contribution in [-0.4, -0.2) is 24.1 Å². The maximum absolute atomic E-state index is 11.8. The summed E-state index contributed by atoms with van der Waals surface area (Å²) in [6, 6.07) is 8.06. The smallest absolute Gasteiger partial charge is 0.238 e. The van der Waals surface area contributed by atoms with Gasteiger partial charge in [-0.1, -0.05) is 12.1 Å². The molecule has 1 unspecified atom stereocenters. The average molecular weight is 234 g/mol. The molecule has 1 amide bonds. The van der Waals surface area contributed by atoms with Crippen molar-refractivity contribution in [1.82, 2.24) is 10.4 Å². The molecular formula is C13H18N2O2. The molecule has 0 spiro atoms. The molecule has 0 aliphatic carbocycles. The number of carbonyl (C=O) groups excluding carboxylic acids is 1. The van der Waals surface area contributed by atoms with Gasteiger partial charge in [0.15, 0.2) is 0 Å². The number of hydrogen-bond acceptors (Lipinski definition) is 3. The Balaban J connectivity index is 2.16. The fraction of sp³-hybridized carbons (Fsp3) is 0.462. The average Bonchev–Trinajstić information content (AvgIpc) is 2.71. The van der Waals surface area contributed by atoms with Crippen molar-refractivity contribution in [3.05, 3.63) is 29.8 Å². The molecule has 1 aliphatic rings. The first kappa shape index (κ1) is 11.9. The monoisotopic (exact) mass is 234 g/mol. The van der Waals surface area contributed by atoms with Gasteiger partial charge < -0.3 is 4.74 Å². The highest BCUT2D eigenvalue weighted by molar-refractivity contribution is 5.79. The van der Waals surface area contributed by atoms with Crippen LogP contribution in [0.3, 0.4) is 0 Å². The Kier molecular flexibility index (Phi) is 3.33. The van der Waals surface area contributed by atoms with E-state index in [1.807, 2.05) is 38.1 Å². The predicted octanol–water partition coefficient (Wildman–Crippen LogP) is 1.88. The van der Waals surface area contributed by atoms with E-state index in [1.54, 1.807) is 12.1 Å². The second-order valence-electron chi connectivity index (χ2n) is 4.52. The summed E-state index contributed by atoms with van der Waals surface area (Å²) >= 11 is 0. The normalized spacial score (nSPS) is 20.1. The summed E-state index contributed by atoms with van der Waals surface area (Å²) in [5.74, 6) is 0.965. The van der Waals surface area contributed by atoms with Crippen molar-refractivity contribution in [2.45, 2.75) is 32.4 Å². The van der Waals surface area contributed by atoms with Crippen molar-refractivity contribution in [3.8, 4) is 5.75 Å². The molecule has 1 N–H and O–H groups in total. The van der Waals surface area contributed by atoms with Gasteiger partial charge in [-0.05, 0) is 31.5 Å². The van der Waals surface area contributed by atoms with Crippen molar-refractivity contribution in [2.24, 2.45) is 0 Å². The Hall–Kier alpha value is -1.55. The molecule has 1 aromatic carbocycles. The van der Waals surface area contributed by atoms with E-state index in [2.05, 4.69) is 5.43 Å². The molecule has 0 radical (unpaired) electrons. The minimum Gasteiger partial charge on any atom is -0.497 e. The third-order valence-corrected chi connectivity index (χ3v) is 2.95. The van der Waals surface area contributed by atoms with Crippen LogP contribution in [0.5, 0.6) is 5.75 Å². The van der Waals surface area contributed by atoms with Gasteiger partial charge in [0.2, 0.25) is 5.91 Å². The molecular weight excluding hydrogens is 216 g/mol. The molecule has 4 nitrogen and oxygen atoms in total. The minimum atomic E-state index is 0.0556. The second kappa shape index (κ2) is 4.75. The maximum Gasteiger partial charge on any atom is 0.238 e. The molecule has 1 atom stereocenters. The van der Waals surface area contributed by atoms with Crippen LogP contribution in [0.15, 0.2) is 24.3 Å². The molecule has 0 aromatic heterocycles. The number of methoxy groups -OCH3 is 1. The number of rotatable bonds is 3. The molecule has 92 valence electrons. The topological polar surface area (TPSA) is 41.6 Å². The summed E-state index contributed by atoms with van der Waals surface area (Å²) < 4.78 is 5.19. The Labute approximate surface area is 102 Å². The van der Waals surface area contributed by atoms with E-state index in [-0.39, 0.29) is 18.0 Å². The van der Waals surface area contributed by atoms with E-state index < -0.39 is 0 Å². The number of nitrogens with zero attached hydrogens (tertiary/aromatic N) is 1. The number of benzene rings is 1. The van der Waals surface area contributed by atoms with E-state index in [1.165, 1.54) is 0 Å². The lowest BCUT2D eigenvalue weighted by atomic mass is 10.1. The number of carbonyl (C=O) groups is 1. The van der Waals surface area contributed by atoms with Crippen molar-refractivity contribution in [3.63, 3.8) is 0 Å². The van der Waals surface area contributed by atoms with Gasteiger partial charge in [0.25, 0.3) is 0 Å². The number of ether oxygens (including phenoxy) is 1. The molecule has 2 rings (SSSR count). The maximum atomic E-state index is 11.8. The Morgan fingerprint density at radius 3 is 2.82 bits per heavy atom. The molecule has 1 heterocycles. The number of hydrazine groups is 1. The Morgan fingerprint density at radius 1 is 1.47 bits per heavy atom. The molecule has 0 saturated carbocycles. The summed E-state index contributed by atoms with van der Waals surface area (Å²) in [4.78, 5) is 11.8. The second-order valence-corrected chi connectivity index (χ2v) is 4.52. The van der Waals surface area contributed by atoms with Crippen molar-refractivity contribution >= 4 is 5.91 Å². The zero-order valence-electron chi connectivity index (χ0n) is 10.4. The van der Waals surface area contributed by atoms with Crippen LogP contribution >= 0.6 is 0 Å². The fourth-order valence-corrected chi connectivity index (χ4v) is 2.05. The highest BCUT2D eigenvalue weighted by Gasteiger charge is 2.31. The van der Waals surface area contributed by atoms with Crippen LogP contribution in [-0.2, 0) is 4.79 Å². The molecule has 1 aromatic rings. The molecule has 1 saturated heterocycles. The van der Waals surface area contributed by atoms with Crippen molar-refractivity contribution < 1.29 is 9.53 Å². The lowest BCUT2D eigenvalue weighted by molar-refractivity contribution is -0.131. The van der Waals surface area contributed by atoms with Crippen molar-refractivity contribution in [2.75, 3.05) is 7.11 Å². The first-order valence-corrected chi connectivity index (χ1v) is 5.84. The minimum absolute atomic E-state index is 0.0556. The highest BCUT2D eigenvalue weighted by Crippen LogP contribution is 2.27. The largest absolute Gasteiger partial charge is 0.497 e. The van der Waals surface area contributed by atoms with Gasteiger partial charge in [-0.2, -0.15) is 0 Å². The lowest BCUT2D eigenvalue weighted by Crippen LogP contribution is -2.40. The van der Waals surface area contributed by atoms with E-state index in [0.717, 1.165) is 11.3 Å². The first-order chi connectivity index (χ1) is 8.11. The quantitative estimate of drug-likeness (QED) is 0.868. The molecule has 1 aliphatic heterocycles. The summed E-state index contributed by atoms with van der Waals surface area (Å²) in [5.41, 5.74) is 4.32. The van der Waals surface area contributed by atoms with E-state index in [9.17, 15) is 4.79 Å². The van der Waals surface area contributed by atoms with Gasteiger partial charge in [-0.3, -0.25) is 9.80 Å². The van der Waals surface area contributed by atoms with Crippen LogP contribution in [0.1, 0.15) is 31.9 Å². The fourth-order valence-electron chi connectivity index (χ4n) is 2.05. The van der Waals surface area contributed by atoms with Crippen LogP contribution in [0.25, 0.3) is 0 Å². The summed E-state index contributed by atoms with van der Waals surface area (Å²) in [7, 11) is 1.65. The van der Waals surface area contributed by atoms with E-state index in [4.69, 9.17) is 4.74 Å². The predicted molar refractivity (Wildman–Crippen MR) is 65.5 cm³/mol. The Bertz CT molecular complexity index is 418. The van der Waals surface area contributed by atoms with Gasteiger partial charge >= 0.3 is 0 Å². The van der Waals surface area contributed by atoms with E-state index >= 15 is 0 Å². The Morgan fingerprint density at radius 2 is 2.24 bits per heavy atom. The number of hydrogen-bond donors (Lipinski definition) is 1. The third-order valence-electron chi connectivity index (χ3n) is 2.95. The number of amides is 1. The molecule has 0 bridgehead atoms. The summed E-state index contributed by atoms with van der Waals surface area (Å²) in [6.07, 6.45) is 0.505. The van der Waals surface area contributed by atoms with Gasteiger partial charge in [-0.15, -0.1) is 0 Å². The summed E-state index contributed by atoms with van der Waals surface area (Å²) in [5, 5.41) is 1.70. The zero-order valence-corrected chi connectivity index (χ0v) is 10.4. The lowest BCUT2D eigenvalue weighted by Gasteiger charge is -2.22. The van der Waals surface area contributed by atoms with Gasteiger partial charge in [0, 0.05) is 12.5 Å². The third kappa shape index (κ3) is 2.42. The van der Waals surface area contributed by atoms with Crippen LogP contribution in [0.2, 0.25) is 0 Å². The van der Waals surface area contributed by atoms with Crippen LogP contribution in [0, 0.1) is 0 Å². The SMILES string of the molecule is COc1cccc(C2CC(=O)N(C(C)C)N2)c1. The van der Waals surface area contributed by atoms with Gasteiger partial charge in [0.05, 0.1) is 13.2 Å². The summed E-state index contributed by atoms with van der Waals surface area (Å²) in [6.45, 7) is 4.00. The standard InChI is InChI=1S/C13H18N2O2/c1-9(2)15-13(16)8-12(14-15)10-5-4-6-11(7-10)17-3/h4-7,9,12,14H,8H2,1-3H3. The zero-order chi connectivity index (χ0) is 12.4. The van der Waals surface area contributed by atoms with Crippen molar-refractivity contribution in [1.29, 1.82) is 0 Å².